The van der Waals surface area contributed by atoms with Gasteiger partial charge in [0, 0.05) is 48.2 Å². The second-order valence-corrected chi connectivity index (χ2v) is 11.6. The van der Waals surface area contributed by atoms with Gasteiger partial charge in [-0.25, -0.2) is 13.4 Å². The van der Waals surface area contributed by atoms with Gasteiger partial charge in [-0.1, -0.05) is 0 Å². The van der Waals surface area contributed by atoms with E-state index in [1.54, 1.807) is 41.0 Å². The van der Waals surface area contributed by atoms with Crippen molar-refractivity contribution in [2.75, 3.05) is 19.6 Å². The summed E-state index contributed by atoms with van der Waals surface area (Å²) in [6.45, 7) is 3.26. The summed E-state index contributed by atoms with van der Waals surface area (Å²) < 4.78 is 26.8. The highest BCUT2D eigenvalue weighted by molar-refractivity contribution is 7.89. The van der Waals surface area contributed by atoms with Crippen molar-refractivity contribution >= 4 is 38.6 Å². The van der Waals surface area contributed by atoms with Crippen molar-refractivity contribution in [1.29, 1.82) is 0 Å². The molecule has 0 spiro atoms. The van der Waals surface area contributed by atoms with Crippen molar-refractivity contribution in [3.8, 4) is 10.6 Å². The van der Waals surface area contributed by atoms with Crippen molar-refractivity contribution in [3.63, 3.8) is 0 Å². The number of sulfonamides is 1. The molecular weight excluding hydrogens is 452 g/mol. The van der Waals surface area contributed by atoms with Gasteiger partial charge in [-0.15, -0.1) is 22.7 Å². The molecule has 0 bridgehead atoms. The minimum Gasteiger partial charge on any atom is -0.355 e. The quantitative estimate of drug-likeness (QED) is 0.565. The van der Waals surface area contributed by atoms with Crippen LogP contribution in [0.4, 0.5) is 0 Å². The number of nitrogens with zero attached hydrogens (tertiary/aromatic N) is 3. The third-order valence-electron chi connectivity index (χ3n) is 5.30. The lowest BCUT2D eigenvalue weighted by Crippen LogP contribution is -2.43. The number of nitrogens with one attached hydrogen (secondary N) is 1. The second-order valence-electron chi connectivity index (χ2n) is 7.43. The normalized spacial score (nSPS) is 15.8. The highest BCUT2D eigenvalue weighted by Crippen LogP contribution is 2.29. The Bertz CT molecular complexity index is 1130. The van der Waals surface area contributed by atoms with Gasteiger partial charge in [0.05, 0.1) is 15.6 Å². The highest BCUT2D eigenvalue weighted by atomic mass is 32.2. The molecule has 164 valence electrons. The zero-order valence-electron chi connectivity index (χ0n) is 17.2. The standard InChI is InChI=1S/C21H24N4O3S3/c1-15-24-19(14-29-15)20-5-4-17(30-20)6-10-23-21(26)16-7-11-25(12-8-16)31(27,28)18-3-2-9-22-13-18/h2-5,9,13-14,16H,6-8,10-12H2,1H3,(H,23,26). The maximum Gasteiger partial charge on any atom is 0.244 e. The van der Waals surface area contributed by atoms with Crippen LogP contribution in [0.25, 0.3) is 10.6 Å². The van der Waals surface area contributed by atoms with Crippen LogP contribution in [0.15, 0.2) is 46.9 Å². The molecule has 0 atom stereocenters. The molecule has 7 nitrogen and oxygen atoms in total. The van der Waals surface area contributed by atoms with Crippen molar-refractivity contribution in [3.05, 3.63) is 51.9 Å². The summed E-state index contributed by atoms with van der Waals surface area (Å²) >= 11 is 3.34. The molecule has 4 rings (SSSR count). The highest BCUT2D eigenvalue weighted by Gasteiger charge is 2.32. The van der Waals surface area contributed by atoms with Crippen molar-refractivity contribution in [2.24, 2.45) is 5.92 Å². The SMILES string of the molecule is Cc1nc(-c2ccc(CCNC(=O)C3CCN(S(=O)(=O)c4cccnc4)CC3)s2)cs1. The summed E-state index contributed by atoms with van der Waals surface area (Å²) in [4.78, 5) is 23.5. The molecule has 31 heavy (non-hydrogen) atoms. The van der Waals surface area contributed by atoms with E-state index in [9.17, 15) is 13.2 Å². The van der Waals surface area contributed by atoms with Crippen LogP contribution >= 0.6 is 22.7 Å². The van der Waals surface area contributed by atoms with Crippen LogP contribution in [-0.2, 0) is 21.2 Å². The maximum atomic E-state index is 12.7. The zero-order valence-corrected chi connectivity index (χ0v) is 19.6. The summed E-state index contributed by atoms with van der Waals surface area (Å²) in [6.07, 6.45) is 4.73. The summed E-state index contributed by atoms with van der Waals surface area (Å²) in [6, 6.07) is 7.33. The lowest BCUT2D eigenvalue weighted by Gasteiger charge is -2.30. The van der Waals surface area contributed by atoms with Crippen LogP contribution < -0.4 is 5.32 Å². The van der Waals surface area contributed by atoms with Crippen LogP contribution in [0.2, 0.25) is 0 Å². The van der Waals surface area contributed by atoms with E-state index in [-0.39, 0.29) is 16.7 Å². The summed E-state index contributed by atoms with van der Waals surface area (Å²) in [5, 5.41) is 6.13. The molecule has 3 aromatic heterocycles. The Morgan fingerprint density at radius 1 is 1.26 bits per heavy atom. The smallest absolute Gasteiger partial charge is 0.244 e. The Hall–Kier alpha value is -2.14. The minimum atomic E-state index is -3.55. The predicted molar refractivity (Wildman–Crippen MR) is 123 cm³/mol. The number of carbonyl (C=O) groups excluding carboxylic acids is 1. The summed E-state index contributed by atoms with van der Waals surface area (Å²) in [5.41, 5.74) is 1.01. The first kappa shape index (κ1) is 22.1. The summed E-state index contributed by atoms with van der Waals surface area (Å²) in [7, 11) is -3.55. The van der Waals surface area contributed by atoms with Crippen molar-refractivity contribution < 1.29 is 13.2 Å². The number of amides is 1. The van der Waals surface area contributed by atoms with Gasteiger partial charge >= 0.3 is 0 Å². The summed E-state index contributed by atoms with van der Waals surface area (Å²) in [5.74, 6) is -0.150. The molecule has 0 aromatic carbocycles. The predicted octanol–water partition coefficient (Wildman–Crippen LogP) is 3.33. The van der Waals surface area contributed by atoms with Crippen molar-refractivity contribution in [2.45, 2.75) is 31.1 Å². The topological polar surface area (TPSA) is 92.3 Å². The number of thiophene rings is 1. The van der Waals surface area contributed by atoms with Gasteiger partial charge in [0.25, 0.3) is 0 Å². The molecule has 1 amide bonds. The van der Waals surface area contributed by atoms with E-state index in [0.29, 0.717) is 32.5 Å². The van der Waals surface area contributed by atoms with E-state index < -0.39 is 10.0 Å². The fourth-order valence-corrected chi connectivity index (χ4v) is 6.68. The molecule has 1 aliphatic heterocycles. The number of hydrogen-bond acceptors (Lipinski definition) is 7. The fourth-order valence-electron chi connectivity index (χ4n) is 3.59. The maximum absolute atomic E-state index is 12.7. The Balaban J connectivity index is 1.24. The van der Waals surface area contributed by atoms with Gasteiger partial charge in [0.1, 0.15) is 4.90 Å². The van der Waals surface area contributed by atoms with Crippen LogP contribution in [0.3, 0.4) is 0 Å². The van der Waals surface area contributed by atoms with Crippen LogP contribution in [-0.4, -0.2) is 48.2 Å². The molecule has 1 aliphatic rings. The van der Waals surface area contributed by atoms with Crippen LogP contribution in [0, 0.1) is 12.8 Å². The molecule has 0 saturated carbocycles. The molecule has 0 aliphatic carbocycles. The Kier molecular flexibility index (Phi) is 6.80. The molecule has 1 fully saturated rings. The van der Waals surface area contributed by atoms with Crippen molar-refractivity contribution in [1.82, 2.24) is 19.6 Å². The molecule has 10 heteroatoms. The number of aromatic nitrogens is 2. The molecule has 4 heterocycles. The van der Waals surface area contributed by atoms with E-state index in [0.717, 1.165) is 22.0 Å². The molecule has 0 radical (unpaired) electrons. The van der Waals surface area contributed by atoms with Crippen LogP contribution in [0.5, 0.6) is 0 Å². The first-order chi connectivity index (χ1) is 14.9. The van der Waals surface area contributed by atoms with E-state index in [1.165, 1.54) is 15.4 Å². The second kappa shape index (κ2) is 9.56. The number of thiazole rings is 1. The van der Waals surface area contributed by atoms with Gasteiger partial charge in [0.15, 0.2) is 0 Å². The number of rotatable bonds is 7. The lowest BCUT2D eigenvalue weighted by atomic mass is 9.97. The first-order valence-electron chi connectivity index (χ1n) is 10.1. The van der Waals surface area contributed by atoms with Gasteiger partial charge in [-0.3, -0.25) is 9.78 Å². The van der Waals surface area contributed by atoms with E-state index in [2.05, 4.69) is 32.8 Å². The van der Waals surface area contributed by atoms with E-state index in [1.807, 2.05) is 6.92 Å². The largest absolute Gasteiger partial charge is 0.355 e. The zero-order chi connectivity index (χ0) is 21.8. The fraction of sp³-hybridized carbons (Fsp3) is 0.381. The third-order valence-corrected chi connectivity index (χ3v) is 9.12. The van der Waals surface area contributed by atoms with Gasteiger partial charge < -0.3 is 5.32 Å². The minimum absolute atomic E-state index is 0.00494. The average Bonchev–Trinajstić information content (AvgIpc) is 3.43. The molecular formula is C21H24N4O3S3. The Morgan fingerprint density at radius 2 is 2.06 bits per heavy atom. The number of pyridine rings is 1. The lowest BCUT2D eigenvalue weighted by molar-refractivity contribution is -0.126. The number of hydrogen-bond donors (Lipinski definition) is 1. The van der Waals surface area contributed by atoms with Gasteiger partial charge in [-0.05, 0) is 50.5 Å². The average molecular weight is 477 g/mol. The number of aryl methyl sites for hydroxylation is 1. The third kappa shape index (κ3) is 5.20. The Morgan fingerprint density at radius 3 is 2.74 bits per heavy atom. The van der Waals surface area contributed by atoms with Gasteiger partial charge in [-0.2, -0.15) is 4.31 Å². The molecule has 0 unspecified atom stereocenters. The van der Waals surface area contributed by atoms with E-state index in [4.69, 9.17) is 0 Å². The number of piperidine rings is 1. The van der Waals surface area contributed by atoms with E-state index >= 15 is 0 Å². The Labute approximate surface area is 190 Å². The molecule has 1 N–H and O–H groups in total. The van der Waals surface area contributed by atoms with Crippen LogP contribution in [0.1, 0.15) is 22.7 Å². The first-order valence-corrected chi connectivity index (χ1v) is 13.3. The monoisotopic (exact) mass is 476 g/mol. The van der Waals surface area contributed by atoms with Gasteiger partial charge in [0.2, 0.25) is 15.9 Å². The molecule has 1 saturated heterocycles. The number of carbonyl (C=O) groups is 1. The molecule has 3 aromatic rings.